The summed E-state index contributed by atoms with van der Waals surface area (Å²) in [5.74, 6) is 0.0935. The second-order valence-corrected chi connectivity index (χ2v) is 6.42. The molecule has 1 atom stereocenters. The minimum Gasteiger partial charge on any atom is -0.309 e. The van der Waals surface area contributed by atoms with Crippen LogP contribution < -0.4 is 4.90 Å². The second kappa shape index (κ2) is 6.03. The Hall–Kier alpha value is -1.60. The SMILES string of the molecule is Cn1cc(N2CCC[C@@H](Sc3ccc(Cl)nn3)C2=O)cn1. The van der Waals surface area contributed by atoms with E-state index in [-0.39, 0.29) is 11.2 Å². The third-order valence-corrected chi connectivity index (χ3v) is 4.65. The predicted octanol–water partition coefficient (Wildman–Crippen LogP) is 2.15. The maximum Gasteiger partial charge on any atom is 0.240 e. The summed E-state index contributed by atoms with van der Waals surface area (Å²) < 4.78 is 1.70. The van der Waals surface area contributed by atoms with Crippen LogP contribution in [0, 0.1) is 0 Å². The summed E-state index contributed by atoms with van der Waals surface area (Å²) in [7, 11) is 1.84. The monoisotopic (exact) mass is 323 g/mol. The van der Waals surface area contributed by atoms with Crippen LogP contribution in [-0.2, 0) is 11.8 Å². The number of piperidine rings is 1. The van der Waals surface area contributed by atoms with Crippen LogP contribution in [0.2, 0.25) is 5.15 Å². The number of rotatable bonds is 3. The van der Waals surface area contributed by atoms with Crippen molar-refractivity contribution in [3.63, 3.8) is 0 Å². The van der Waals surface area contributed by atoms with Gasteiger partial charge in [0.1, 0.15) is 5.03 Å². The zero-order valence-electron chi connectivity index (χ0n) is 11.4. The molecule has 1 fully saturated rings. The Morgan fingerprint density at radius 2 is 2.24 bits per heavy atom. The fraction of sp³-hybridized carbons (Fsp3) is 0.385. The van der Waals surface area contributed by atoms with Gasteiger partial charge in [-0.2, -0.15) is 5.10 Å². The summed E-state index contributed by atoms with van der Waals surface area (Å²) in [5, 5.41) is 12.9. The highest BCUT2D eigenvalue weighted by molar-refractivity contribution is 8.00. The van der Waals surface area contributed by atoms with Crippen LogP contribution in [0.4, 0.5) is 5.69 Å². The lowest BCUT2D eigenvalue weighted by molar-refractivity contribution is -0.119. The van der Waals surface area contributed by atoms with Crippen molar-refractivity contribution in [2.24, 2.45) is 7.05 Å². The van der Waals surface area contributed by atoms with Gasteiger partial charge in [0.25, 0.3) is 0 Å². The number of halogens is 1. The van der Waals surface area contributed by atoms with Crippen molar-refractivity contribution in [2.45, 2.75) is 23.1 Å². The molecule has 1 aliphatic rings. The lowest BCUT2D eigenvalue weighted by Crippen LogP contribution is -2.42. The molecule has 1 saturated heterocycles. The Bertz CT molecular complexity index is 644. The fourth-order valence-corrected chi connectivity index (χ4v) is 3.41. The standard InChI is InChI=1S/C13H14ClN5OS/c1-18-8-9(7-15-18)19-6-2-3-10(13(19)20)21-12-5-4-11(14)16-17-12/h4-5,7-8,10H,2-3,6H2,1H3/t10-/m1/s1. The van der Waals surface area contributed by atoms with Crippen LogP contribution in [0.25, 0.3) is 0 Å². The van der Waals surface area contributed by atoms with Crippen LogP contribution in [-0.4, -0.2) is 37.7 Å². The van der Waals surface area contributed by atoms with Crippen molar-refractivity contribution < 1.29 is 4.79 Å². The molecule has 3 rings (SSSR count). The van der Waals surface area contributed by atoms with E-state index in [4.69, 9.17) is 11.6 Å². The van der Waals surface area contributed by atoms with Crippen molar-refractivity contribution >= 4 is 35.0 Å². The van der Waals surface area contributed by atoms with Crippen LogP contribution in [0.5, 0.6) is 0 Å². The average Bonchev–Trinajstić information content (AvgIpc) is 2.90. The Labute approximate surface area is 131 Å². The van der Waals surface area contributed by atoms with Gasteiger partial charge in [-0.3, -0.25) is 9.48 Å². The summed E-state index contributed by atoms with van der Waals surface area (Å²) in [6.07, 6.45) is 5.37. The number of hydrogen-bond acceptors (Lipinski definition) is 5. The van der Waals surface area contributed by atoms with Crippen molar-refractivity contribution in [3.05, 3.63) is 29.7 Å². The lowest BCUT2D eigenvalue weighted by Gasteiger charge is -2.30. The zero-order chi connectivity index (χ0) is 14.8. The molecule has 3 heterocycles. The van der Waals surface area contributed by atoms with Gasteiger partial charge >= 0.3 is 0 Å². The molecule has 8 heteroatoms. The van der Waals surface area contributed by atoms with E-state index in [1.165, 1.54) is 11.8 Å². The molecule has 0 bridgehead atoms. The quantitative estimate of drug-likeness (QED) is 0.866. The average molecular weight is 324 g/mol. The van der Waals surface area contributed by atoms with E-state index in [1.807, 2.05) is 13.2 Å². The van der Waals surface area contributed by atoms with Crippen LogP contribution in [0.3, 0.4) is 0 Å². The predicted molar refractivity (Wildman–Crippen MR) is 81.5 cm³/mol. The zero-order valence-corrected chi connectivity index (χ0v) is 13.0. The third kappa shape index (κ3) is 3.19. The van der Waals surface area contributed by atoms with E-state index in [1.54, 1.807) is 27.9 Å². The first-order valence-corrected chi connectivity index (χ1v) is 7.85. The molecule has 21 heavy (non-hydrogen) atoms. The lowest BCUT2D eigenvalue weighted by atomic mass is 10.1. The number of carbonyl (C=O) groups is 1. The molecular weight excluding hydrogens is 310 g/mol. The Balaban J connectivity index is 1.74. The van der Waals surface area contributed by atoms with E-state index >= 15 is 0 Å². The summed E-state index contributed by atoms with van der Waals surface area (Å²) >= 11 is 7.16. The van der Waals surface area contributed by atoms with Gasteiger partial charge in [-0.1, -0.05) is 23.4 Å². The first-order chi connectivity index (χ1) is 10.1. The number of thioether (sulfide) groups is 1. The number of hydrogen-bond donors (Lipinski definition) is 0. The van der Waals surface area contributed by atoms with Crippen molar-refractivity contribution in [1.82, 2.24) is 20.0 Å². The van der Waals surface area contributed by atoms with Gasteiger partial charge in [-0.25, -0.2) is 0 Å². The first-order valence-electron chi connectivity index (χ1n) is 6.59. The van der Waals surface area contributed by atoms with E-state index < -0.39 is 0 Å². The number of carbonyl (C=O) groups excluding carboxylic acids is 1. The molecular formula is C13H14ClN5OS. The molecule has 0 unspecified atom stereocenters. The Morgan fingerprint density at radius 1 is 1.38 bits per heavy atom. The minimum absolute atomic E-state index is 0.0935. The van der Waals surface area contributed by atoms with E-state index in [0.29, 0.717) is 10.2 Å². The Morgan fingerprint density at radius 3 is 2.90 bits per heavy atom. The summed E-state index contributed by atoms with van der Waals surface area (Å²) in [4.78, 5) is 14.4. The molecule has 0 aromatic carbocycles. The number of anilines is 1. The van der Waals surface area contributed by atoms with E-state index in [9.17, 15) is 4.79 Å². The van der Waals surface area contributed by atoms with Crippen molar-refractivity contribution in [2.75, 3.05) is 11.4 Å². The maximum atomic E-state index is 12.6. The molecule has 0 radical (unpaired) electrons. The molecule has 1 aliphatic heterocycles. The molecule has 110 valence electrons. The van der Waals surface area contributed by atoms with Gasteiger partial charge in [0, 0.05) is 19.8 Å². The largest absolute Gasteiger partial charge is 0.309 e. The molecule has 0 N–H and O–H groups in total. The highest BCUT2D eigenvalue weighted by Gasteiger charge is 2.31. The fourth-order valence-electron chi connectivity index (χ4n) is 2.27. The first kappa shape index (κ1) is 14.3. The van der Waals surface area contributed by atoms with Crippen molar-refractivity contribution in [1.29, 1.82) is 0 Å². The third-order valence-electron chi connectivity index (χ3n) is 3.26. The smallest absolute Gasteiger partial charge is 0.240 e. The van der Waals surface area contributed by atoms with Gasteiger partial charge < -0.3 is 4.90 Å². The number of aromatic nitrogens is 4. The number of amides is 1. The van der Waals surface area contributed by atoms with Crippen LogP contribution in [0.15, 0.2) is 29.6 Å². The molecule has 2 aromatic rings. The van der Waals surface area contributed by atoms with Crippen LogP contribution >= 0.6 is 23.4 Å². The number of nitrogens with zero attached hydrogens (tertiary/aromatic N) is 5. The van der Waals surface area contributed by atoms with E-state index in [0.717, 1.165) is 25.1 Å². The van der Waals surface area contributed by atoms with Crippen LogP contribution in [0.1, 0.15) is 12.8 Å². The molecule has 1 amide bonds. The molecule has 0 saturated carbocycles. The van der Waals surface area contributed by atoms with Gasteiger partial charge in [0.2, 0.25) is 5.91 Å². The normalized spacial score (nSPS) is 19.0. The molecule has 0 aliphatic carbocycles. The topological polar surface area (TPSA) is 63.9 Å². The van der Waals surface area contributed by atoms with Gasteiger partial charge in [0.05, 0.1) is 17.1 Å². The maximum absolute atomic E-state index is 12.6. The highest BCUT2D eigenvalue weighted by atomic mass is 35.5. The van der Waals surface area contributed by atoms with E-state index in [2.05, 4.69) is 15.3 Å². The second-order valence-electron chi connectivity index (χ2n) is 4.81. The van der Waals surface area contributed by atoms with Crippen molar-refractivity contribution in [3.8, 4) is 0 Å². The van der Waals surface area contributed by atoms with Gasteiger partial charge in [0.15, 0.2) is 5.15 Å². The summed E-state index contributed by atoms with van der Waals surface area (Å²) in [5.41, 5.74) is 0.843. The summed E-state index contributed by atoms with van der Waals surface area (Å²) in [6, 6.07) is 3.47. The molecule has 0 spiro atoms. The van der Waals surface area contributed by atoms with Gasteiger partial charge in [-0.15, -0.1) is 10.2 Å². The Kier molecular flexibility index (Phi) is 4.12. The summed E-state index contributed by atoms with van der Waals surface area (Å²) in [6.45, 7) is 0.730. The highest BCUT2D eigenvalue weighted by Crippen LogP contribution is 2.31. The van der Waals surface area contributed by atoms with Gasteiger partial charge in [-0.05, 0) is 25.0 Å². The molecule has 2 aromatic heterocycles. The molecule has 6 nitrogen and oxygen atoms in total. The minimum atomic E-state index is -0.144. The number of aryl methyl sites for hydroxylation is 1.